The van der Waals surface area contributed by atoms with Crippen LogP contribution in [0.3, 0.4) is 0 Å². The Kier molecular flexibility index (Phi) is 4.96. The number of nitrogens with zero attached hydrogens (tertiary/aromatic N) is 1. The number of para-hydroxylation sites is 1. The van der Waals surface area contributed by atoms with Gasteiger partial charge in [-0.3, -0.25) is 4.79 Å². The molecular formula is C16H15BrFNO2. The Morgan fingerprint density at radius 2 is 1.95 bits per heavy atom. The molecule has 21 heavy (non-hydrogen) atoms. The number of hydrogen-bond donors (Lipinski definition) is 0. The Hall–Kier alpha value is -1.88. The lowest BCUT2D eigenvalue weighted by Gasteiger charge is -2.19. The molecule has 0 saturated carbocycles. The topological polar surface area (TPSA) is 29.5 Å². The van der Waals surface area contributed by atoms with Crippen molar-refractivity contribution >= 4 is 21.8 Å². The Balaban J connectivity index is 2.22. The van der Waals surface area contributed by atoms with Gasteiger partial charge in [-0.05, 0) is 34.1 Å². The van der Waals surface area contributed by atoms with Crippen LogP contribution in [-0.2, 0) is 6.54 Å². The molecule has 0 unspecified atom stereocenters. The average Bonchev–Trinajstić information content (AvgIpc) is 2.50. The largest absolute Gasteiger partial charge is 0.496 e. The van der Waals surface area contributed by atoms with Crippen molar-refractivity contribution in [2.45, 2.75) is 6.54 Å². The summed E-state index contributed by atoms with van der Waals surface area (Å²) in [6, 6.07) is 12.1. The van der Waals surface area contributed by atoms with Crippen LogP contribution in [0.15, 0.2) is 46.9 Å². The zero-order valence-corrected chi connectivity index (χ0v) is 13.4. The van der Waals surface area contributed by atoms with Gasteiger partial charge in [-0.25, -0.2) is 4.39 Å². The van der Waals surface area contributed by atoms with Gasteiger partial charge >= 0.3 is 0 Å². The van der Waals surface area contributed by atoms with Gasteiger partial charge in [0.05, 0.1) is 17.1 Å². The second kappa shape index (κ2) is 6.72. The second-order valence-corrected chi connectivity index (χ2v) is 5.43. The molecular weight excluding hydrogens is 337 g/mol. The zero-order valence-electron chi connectivity index (χ0n) is 11.8. The van der Waals surface area contributed by atoms with Crippen molar-refractivity contribution in [2.24, 2.45) is 0 Å². The molecule has 2 aromatic rings. The zero-order chi connectivity index (χ0) is 15.4. The highest BCUT2D eigenvalue weighted by Crippen LogP contribution is 2.22. The van der Waals surface area contributed by atoms with Gasteiger partial charge in [-0.1, -0.05) is 24.3 Å². The molecule has 0 aliphatic heterocycles. The van der Waals surface area contributed by atoms with Gasteiger partial charge in [-0.15, -0.1) is 0 Å². The van der Waals surface area contributed by atoms with Crippen LogP contribution in [-0.4, -0.2) is 25.0 Å². The molecule has 5 heteroatoms. The van der Waals surface area contributed by atoms with E-state index in [1.54, 1.807) is 26.3 Å². The SMILES string of the molecule is COc1ccccc1CN(C)C(=O)c1cccc(Br)c1F. The fourth-order valence-corrected chi connectivity index (χ4v) is 2.40. The van der Waals surface area contributed by atoms with E-state index in [-0.39, 0.29) is 15.9 Å². The lowest BCUT2D eigenvalue weighted by Crippen LogP contribution is -2.27. The first-order valence-electron chi connectivity index (χ1n) is 6.36. The molecule has 3 nitrogen and oxygen atoms in total. The molecule has 0 spiro atoms. The lowest BCUT2D eigenvalue weighted by atomic mass is 10.1. The Bertz CT molecular complexity index is 660. The molecule has 0 aliphatic rings. The van der Waals surface area contributed by atoms with Gasteiger partial charge < -0.3 is 9.64 Å². The molecule has 110 valence electrons. The molecule has 0 atom stereocenters. The third-order valence-electron chi connectivity index (χ3n) is 3.13. The summed E-state index contributed by atoms with van der Waals surface area (Å²) in [5, 5.41) is 0. The van der Waals surface area contributed by atoms with Crippen molar-refractivity contribution in [1.82, 2.24) is 4.90 Å². The van der Waals surface area contributed by atoms with E-state index in [1.165, 1.54) is 11.0 Å². The van der Waals surface area contributed by atoms with Gasteiger partial charge in [0.25, 0.3) is 5.91 Å². The van der Waals surface area contributed by atoms with Crippen LogP contribution in [0, 0.1) is 5.82 Å². The minimum absolute atomic E-state index is 0.0433. The van der Waals surface area contributed by atoms with Gasteiger partial charge in [-0.2, -0.15) is 0 Å². The summed E-state index contributed by atoms with van der Waals surface area (Å²) in [4.78, 5) is 13.8. The number of rotatable bonds is 4. The second-order valence-electron chi connectivity index (χ2n) is 4.57. The maximum Gasteiger partial charge on any atom is 0.256 e. The maximum atomic E-state index is 14.0. The number of carbonyl (C=O) groups excluding carboxylic acids is 1. The fraction of sp³-hybridized carbons (Fsp3) is 0.188. The first-order chi connectivity index (χ1) is 10.0. The van der Waals surface area contributed by atoms with Crippen LogP contribution < -0.4 is 4.74 Å². The molecule has 1 amide bonds. The average molecular weight is 352 g/mol. The predicted molar refractivity (Wildman–Crippen MR) is 82.9 cm³/mol. The minimum Gasteiger partial charge on any atom is -0.496 e. The molecule has 2 aromatic carbocycles. The highest BCUT2D eigenvalue weighted by atomic mass is 79.9. The first-order valence-corrected chi connectivity index (χ1v) is 7.15. The van der Waals surface area contributed by atoms with Crippen LogP contribution >= 0.6 is 15.9 Å². The molecule has 0 aliphatic carbocycles. The smallest absolute Gasteiger partial charge is 0.256 e. The van der Waals surface area contributed by atoms with E-state index in [0.29, 0.717) is 12.3 Å². The van der Waals surface area contributed by atoms with Gasteiger partial charge in [0, 0.05) is 19.2 Å². The quantitative estimate of drug-likeness (QED) is 0.836. The van der Waals surface area contributed by atoms with E-state index < -0.39 is 5.82 Å². The standard InChI is InChI=1S/C16H15BrFNO2/c1-19(10-11-6-3-4-9-14(11)21-2)16(20)12-7-5-8-13(17)15(12)18/h3-9H,10H2,1-2H3. The number of amides is 1. The number of ether oxygens (including phenoxy) is 1. The van der Waals surface area contributed by atoms with Gasteiger partial charge in [0.1, 0.15) is 11.6 Å². The van der Waals surface area contributed by atoms with Crippen molar-refractivity contribution < 1.29 is 13.9 Å². The number of hydrogen-bond acceptors (Lipinski definition) is 2. The number of halogens is 2. The van der Waals surface area contributed by atoms with Crippen LogP contribution in [0.5, 0.6) is 5.75 Å². The molecule has 0 saturated heterocycles. The summed E-state index contributed by atoms with van der Waals surface area (Å²) in [5.41, 5.74) is 0.910. The minimum atomic E-state index is -0.547. The summed E-state index contributed by atoms with van der Waals surface area (Å²) in [5.74, 6) is -0.221. The summed E-state index contributed by atoms with van der Waals surface area (Å²) in [6.45, 7) is 0.342. The molecule has 0 bridgehead atoms. The van der Waals surface area contributed by atoms with E-state index in [0.717, 1.165) is 5.56 Å². The third-order valence-corrected chi connectivity index (χ3v) is 3.74. The molecule has 0 fully saturated rings. The first kappa shape index (κ1) is 15.5. The number of benzene rings is 2. The van der Waals surface area contributed by atoms with Crippen molar-refractivity contribution in [3.63, 3.8) is 0 Å². The van der Waals surface area contributed by atoms with Crippen LogP contribution in [0.4, 0.5) is 4.39 Å². The van der Waals surface area contributed by atoms with Crippen molar-refractivity contribution in [3.8, 4) is 5.75 Å². The number of methoxy groups -OCH3 is 1. The number of carbonyl (C=O) groups is 1. The van der Waals surface area contributed by atoms with Crippen molar-refractivity contribution in [1.29, 1.82) is 0 Å². The Morgan fingerprint density at radius 1 is 1.24 bits per heavy atom. The molecule has 0 aromatic heterocycles. The van der Waals surface area contributed by atoms with E-state index in [1.807, 2.05) is 24.3 Å². The molecule has 0 radical (unpaired) electrons. The van der Waals surface area contributed by atoms with E-state index in [9.17, 15) is 9.18 Å². The highest BCUT2D eigenvalue weighted by molar-refractivity contribution is 9.10. The molecule has 0 heterocycles. The van der Waals surface area contributed by atoms with Crippen molar-refractivity contribution in [2.75, 3.05) is 14.2 Å². The van der Waals surface area contributed by atoms with E-state index >= 15 is 0 Å². The normalized spacial score (nSPS) is 10.3. The Labute approximate surface area is 131 Å². The monoisotopic (exact) mass is 351 g/mol. The summed E-state index contributed by atoms with van der Waals surface area (Å²) in [6.07, 6.45) is 0. The molecule has 0 N–H and O–H groups in total. The van der Waals surface area contributed by atoms with Gasteiger partial charge in [0.2, 0.25) is 0 Å². The Morgan fingerprint density at radius 3 is 2.67 bits per heavy atom. The van der Waals surface area contributed by atoms with Crippen LogP contribution in [0.1, 0.15) is 15.9 Å². The van der Waals surface area contributed by atoms with Crippen LogP contribution in [0.2, 0.25) is 0 Å². The van der Waals surface area contributed by atoms with Gasteiger partial charge in [0.15, 0.2) is 0 Å². The van der Waals surface area contributed by atoms with Crippen molar-refractivity contribution in [3.05, 3.63) is 63.9 Å². The predicted octanol–water partition coefficient (Wildman–Crippen LogP) is 3.87. The summed E-state index contributed by atoms with van der Waals surface area (Å²) in [7, 11) is 3.21. The van der Waals surface area contributed by atoms with E-state index in [2.05, 4.69) is 15.9 Å². The summed E-state index contributed by atoms with van der Waals surface area (Å²) >= 11 is 3.09. The lowest BCUT2D eigenvalue weighted by molar-refractivity contribution is 0.0779. The maximum absolute atomic E-state index is 14.0. The third kappa shape index (κ3) is 3.42. The fourth-order valence-electron chi connectivity index (χ4n) is 2.04. The molecule has 2 rings (SSSR count). The highest BCUT2D eigenvalue weighted by Gasteiger charge is 2.18. The van der Waals surface area contributed by atoms with E-state index in [4.69, 9.17) is 4.74 Å². The van der Waals surface area contributed by atoms with Crippen LogP contribution in [0.25, 0.3) is 0 Å². The summed E-state index contributed by atoms with van der Waals surface area (Å²) < 4.78 is 19.5.